The van der Waals surface area contributed by atoms with Gasteiger partial charge in [-0.1, -0.05) is 51.4 Å². The molecule has 0 aromatic carbocycles. The van der Waals surface area contributed by atoms with Crippen LogP contribution >= 0.6 is 0 Å². The average Bonchev–Trinajstić information content (AvgIpc) is 2.82. The van der Waals surface area contributed by atoms with Crippen LogP contribution in [0.25, 0.3) is 0 Å². The van der Waals surface area contributed by atoms with Crippen molar-refractivity contribution >= 4 is 17.5 Å². The van der Waals surface area contributed by atoms with Gasteiger partial charge in [0.2, 0.25) is 0 Å². The van der Waals surface area contributed by atoms with E-state index in [0.29, 0.717) is 12.3 Å². The monoisotopic (exact) mass is 306 g/mol. The largest absolute Gasteiger partial charge is 0.453 e. The van der Waals surface area contributed by atoms with Crippen molar-refractivity contribution in [2.24, 2.45) is 17.8 Å². The molecule has 3 rings (SSSR count). The molecule has 2 aliphatic carbocycles. The second kappa shape index (κ2) is 6.93. The normalized spacial score (nSPS) is 31.3. The van der Waals surface area contributed by atoms with Crippen LogP contribution in [0, 0.1) is 17.8 Å². The quantitative estimate of drug-likeness (QED) is 0.591. The first-order chi connectivity index (χ1) is 10.7. The van der Waals surface area contributed by atoms with E-state index >= 15 is 0 Å². The summed E-state index contributed by atoms with van der Waals surface area (Å²) in [7, 11) is 0. The molecule has 122 valence electrons. The van der Waals surface area contributed by atoms with Gasteiger partial charge in [-0.15, -0.1) is 0 Å². The predicted molar refractivity (Wildman–Crippen MR) is 81.2 cm³/mol. The molecule has 2 saturated carbocycles. The minimum atomic E-state index is -1.11. The molecule has 3 fully saturated rings. The molecule has 1 aliphatic heterocycles. The molecule has 22 heavy (non-hydrogen) atoms. The summed E-state index contributed by atoms with van der Waals surface area (Å²) in [6.45, 7) is 0. The van der Waals surface area contributed by atoms with Crippen LogP contribution in [0.15, 0.2) is 0 Å². The van der Waals surface area contributed by atoms with Crippen LogP contribution in [0.4, 0.5) is 0 Å². The molecule has 0 radical (unpaired) electrons. The first-order valence-corrected chi connectivity index (χ1v) is 8.95. The van der Waals surface area contributed by atoms with Gasteiger partial charge in [-0.3, -0.25) is 14.4 Å². The first kappa shape index (κ1) is 15.7. The Balaban J connectivity index is 1.61. The van der Waals surface area contributed by atoms with Gasteiger partial charge in [0.15, 0.2) is 23.6 Å². The molecule has 0 bridgehead atoms. The third-order valence-electron chi connectivity index (χ3n) is 5.66. The van der Waals surface area contributed by atoms with E-state index in [1.54, 1.807) is 0 Å². The zero-order valence-corrected chi connectivity index (χ0v) is 13.2. The van der Waals surface area contributed by atoms with E-state index in [-0.39, 0.29) is 17.5 Å². The average molecular weight is 306 g/mol. The number of hydrogen-bond donors (Lipinski definition) is 0. The Morgan fingerprint density at radius 1 is 0.909 bits per heavy atom. The lowest BCUT2D eigenvalue weighted by Gasteiger charge is -2.23. The van der Waals surface area contributed by atoms with Gasteiger partial charge >= 0.3 is 5.97 Å². The van der Waals surface area contributed by atoms with E-state index in [9.17, 15) is 14.4 Å². The Bertz CT molecular complexity index is 444. The van der Waals surface area contributed by atoms with Gasteiger partial charge < -0.3 is 4.74 Å². The van der Waals surface area contributed by atoms with Gasteiger partial charge in [-0.2, -0.15) is 0 Å². The van der Waals surface area contributed by atoms with E-state index in [1.807, 2.05) is 0 Å². The molecule has 0 amide bonds. The fraction of sp³-hybridized carbons (Fsp3) is 0.833. The van der Waals surface area contributed by atoms with Crippen LogP contribution < -0.4 is 0 Å². The minimum Gasteiger partial charge on any atom is -0.453 e. The maximum atomic E-state index is 12.5. The number of cyclic esters (lactones) is 1. The fourth-order valence-corrected chi connectivity index (χ4v) is 4.34. The number of Topliss-reactive ketones (excluding diaryl/α,β-unsaturated/α-hetero) is 2. The summed E-state index contributed by atoms with van der Waals surface area (Å²) in [5.41, 5.74) is 0. The van der Waals surface area contributed by atoms with E-state index in [1.165, 1.54) is 19.3 Å². The van der Waals surface area contributed by atoms with Crippen LogP contribution in [-0.4, -0.2) is 23.6 Å². The molecular formula is C18H26O4. The summed E-state index contributed by atoms with van der Waals surface area (Å²) in [5, 5.41) is 0. The van der Waals surface area contributed by atoms with Gasteiger partial charge in [0.1, 0.15) is 0 Å². The van der Waals surface area contributed by atoms with Gasteiger partial charge in [-0.25, -0.2) is 0 Å². The van der Waals surface area contributed by atoms with Gasteiger partial charge in [0, 0.05) is 5.92 Å². The van der Waals surface area contributed by atoms with Crippen LogP contribution in [0.2, 0.25) is 0 Å². The lowest BCUT2D eigenvalue weighted by Crippen LogP contribution is -2.34. The van der Waals surface area contributed by atoms with Crippen molar-refractivity contribution in [1.82, 2.24) is 0 Å². The highest BCUT2D eigenvalue weighted by atomic mass is 16.6. The summed E-state index contributed by atoms with van der Waals surface area (Å²) in [4.78, 5) is 37.1. The first-order valence-electron chi connectivity index (χ1n) is 8.95. The van der Waals surface area contributed by atoms with Crippen molar-refractivity contribution in [3.63, 3.8) is 0 Å². The maximum Gasteiger partial charge on any atom is 0.325 e. The predicted octanol–water partition coefficient (Wildman–Crippen LogP) is 3.22. The zero-order valence-electron chi connectivity index (χ0n) is 13.2. The van der Waals surface area contributed by atoms with E-state index < -0.39 is 18.0 Å². The van der Waals surface area contributed by atoms with Gasteiger partial charge in [0.05, 0.1) is 0 Å². The summed E-state index contributed by atoms with van der Waals surface area (Å²) in [6, 6.07) is 0. The Labute approximate surface area is 132 Å². The fourth-order valence-electron chi connectivity index (χ4n) is 4.34. The van der Waals surface area contributed by atoms with Crippen molar-refractivity contribution in [2.45, 2.75) is 76.7 Å². The number of rotatable bonds is 4. The van der Waals surface area contributed by atoms with E-state index in [2.05, 4.69) is 0 Å². The molecule has 1 heterocycles. The number of carbonyl (C=O) groups excluding carboxylic acids is 3. The van der Waals surface area contributed by atoms with Crippen molar-refractivity contribution in [3.8, 4) is 0 Å². The lowest BCUT2D eigenvalue weighted by molar-refractivity contribution is -0.148. The Hall–Kier alpha value is -1.19. The van der Waals surface area contributed by atoms with Crippen LogP contribution in [0.1, 0.15) is 70.6 Å². The van der Waals surface area contributed by atoms with E-state index in [0.717, 1.165) is 44.9 Å². The van der Waals surface area contributed by atoms with Crippen LogP contribution in [0.3, 0.4) is 0 Å². The number of esters is 1. The SMILES string of the molecule is O=C1OC(CC2CCCCC2)C(=O)C1C(=O)C1CCCCC1. The topological polar surface area (TPSA) is 60.4 Å². The number of carbonyl (C=O) groups is 3. The van der Waals surface area contributed by atoms with Crippen LogP contribution in [-0.2, 0) is 19.1 Å². The molecule has 0 N–H and O–H groups in total. The molecule has 1 saturated heterocycles. The summed E-state index contributed by atoms with van der Waals surface area (Å²) < 4.78 is 5.29. The van der Waals surface area contributed by atoms with Gasteiger partial charge in [0.25, 0.3) is 0 Å². The third kappa shape index (κ3) is 3.26. The molecule has 0 aromatic rings. The highest BCUT2D eigenvalue weighted by Crippen LogP contribution is 2.34. The van der Waals surface area contributed by atoms with Crippen LogP contribution in [0.5, 0.6) is 0 Å². The molecule has 3 aliphatic rings. The Morgan fingerprint density at radius 2 is 1.50 bits per heavy atom. The molecule has 4 nitrogen and oxygen atoms in total. The van der Waals surface area contributed by atoms with Crippen molar-refractivity contribution in [1.29, 1.82) is 0 Å². The highest BCUT2D eigenvalue weighted by Gasteiger charge is 2.49. The number of ether oxygens (including phenoxy) is 1. The van der Waals surface area contributed by atoms with Crippen molar-refractivity contribution in [2.75, 3.05) is 0 Å². The standard InChI is InChI=1S/C18H26O4/c19-16(13-9-5-2-6-10-13)15-17(20)14(22-18(15)21)11-12-7-3-1-4-8-12/h12-15H,1-11H2. The third-order valence-corrected chi connectivity index (χ3v) is 5.66. The second-order valence-electron chi connectivity index (χ2n) is 7.24. The minimum absolute atomic E-state index is 0.108. The molecule has 2 unspecified atom stereocenters. The summed E-state index contributed by atoms with van der Waals surface area (Å²) in [6.07, 6.45) is 10.7. The summed E-state index contributed by atoms with van der Waals surface area (Å²) >= 11 is 0. The molecule has 4 heteroatoms. The lowest BCUT2D eigenvalue weighted by atomic mass is 9.79. The second-order valence-corrected chi connectivity index (χ2v) is 7.24. The molecule has 2 atom stereocenters. The number of ketones is 2. The Kier molecular flexibility index (Phi) is 4.94. The summed E-state index contributed by atoms with van der Waals surface area (Å²) in [5.74, 6) is -1.76. The van der Waals surface area contributed by atoms with E-state index in [4.69, 9.17) is 4.74 Å². The Morgan fingerprint density at radius 3 is 2.14 bits per heavy atom. The number of hydrogen-bond acceptors (Lipinski definition) is 4. The zero-order chi connectivity index (χ0) is 15.5. The maximum absolute atomic E-state index is 12.5. The highest BCUT2D eigenvalue weighted by molar-refractivity contribution is 6.22. The smallest absolute Gasteiger partial charge is 0.325 e. The molecule has 0 spiro atoms. The van der Waals surface area contributed by atoms with Crippen molar-refractivity contribution in [3.05, 3.63) is 0 Å². The van der Waals surface area contributed by atoms with Gasteiger partial charge in [-0.05, 0) is 25.2 Å². The molecular weight excluding hydrogens is 280 g/mol. The molecule has 0 aromatic heterocycles. The van der Waals surface area contributed by atoms with Crippen molar-refractivity contribution < 1.29 is 19.1 Å².